The Morgan fingerprint density at radius 3 is 2.44 bits per heavy atom. The number of aromatic nitrogens is 2. The summed E-state index contributed by atoms with van der Waals surface area (Å²) in [5, 5.41) is 2.50. The zero-order valence-electron chi connectivity index (χ0n) is 8.60. The van der Waals surface area contributed by atoms with Crippen molar-refractivity contribution in [1.82, 2.24) is 9.97 Å². The Morgan fingerprint density at radius 1 is 1.22 bits per heavy atom. The number of rotatable bonds is 2. The SMILES string of the molecule is O=c1[nH]cnc(Nc2cc(F)c(F)c(F)c2)c1Br. The van der Waals surface area contributed by atoms with E-state index < -0.39 is 23.0 Å². The predicted octanol–water partition coefficient (Wildman–Crippen LogP) is 2.69. The van der Waals surface area contributed by atoms with E-state index in [0.29, 0.717) is 0 Å². The molecule has 0 saturated heterocycles. The third kappa shape index (κ3) is 2.37. The molecule has 1 heterocycles. The highest BCUT2D eigenvalue weighted by atomic mass is 79.9. The average Bonchev–Trinajstić information content (AvgIpc) is 2.32. The lowest BCUT2D eigenvalue weighted by atomic mass is 10.3. The van der Waals surface area contributed by atoms with E-state index in [4.69, 9.17) is 0 Å². The second-order valence-electron chi connectivity index (χ2n) is 3.27. The lowest BCUT2D eigenvalue weighted by Gasteiger charge is -2.07. The first-order chi connectivity index (χ1) is 8.49. The summed E-state index contributed by atoms with van der Waals surface area (Å²) < 4.78 is 38.7. The number of nitrogens with one attached hydrogen (secondary N) is 2. The number of halogens is 4. The summed E-state index contributed by atoms with van der Waals surface area (Å²) in [7, 11) is 0. The Labute approximate surface area is 107 Å². The Morgan fingerprint density at radius 2 is 1.83 bits per heavy atom. The first-order valence-electron chi connectivity index (χ1n) is 4.64. The molecule has 2 N–H and O–H groups in total. The number of nitrogens with zero attached hydrogens (tertiary/aromatic N) is 1. The second-order valence-corrected chi connectivity index (χ2v) is 4.07. The van der Waals surface area contributed by atoms with Gasteiger partial charge in [0.1, 0.15) is 4.47 Å². The van der Waals surface area contributed by atoms with Gasteiger partial charge in [0.25, 0.3) is 5.56 Å². The number of hydrogen-bond donors (Lipinski definition) is 2. The lowest BCUT2D eigenvalue weighted by molar-refractivity contribution is 0.448. The zero-order valence-corrected chi connectivity index (χ0v) is 10.2. The van der Waals surface area contributed by atoms with Gasteiger partial charge in [-0.25, -0.2) is 18.2 Å². The summed E-state index contributed by atoms with van der Waals surface area (Å²) in [6.07, 6.45) is 1.12. The summed E-state index contributed by atoms with van der Waals surface area (Å²) in [4.78, 5) is 17.3. The van der Waals surface area contributed by atoms with Crippen LogP contribution in [-0.4, -0.2) is 9.97 Å². The van der Waals surface area contributed by atoms with Crippen molar-refractivity contribution in [1.29, 1.82) is 0 Å². The highest BCUT2D eigenvalue weighted by Gasteiger charge is 2.12. The van der Waals surface area contributed by atoms with E-state index in [1.54, 1.807) is 0 Å². The maximum absolute atomic E-state index is 13.0. The summed E-state index contributed by atoms with van der Waals surface area (Å²) in [6.45, 7) is 0. The Kier molecular flexibility index (Phi) is 3.37. The maximum atomic E-state index is 13.0. The first-order valence-corrected chi connectivity index (χ1v) is 5.43. The minimum atomic E-state index is -1.56. The second kappa shape index (κ2) is 4.81. The molecule has 94 valence electrons. The predicted molar refractivity (Wildman–Crippen MR) is 62.2 cm³/mol. The third-order valence-corrected chi connectivity index (χ3v) is 2.78. The van der Waals surface area contributed by atoms with Crippen molar-refractivity contribution in [2.45, 2.75) is 0 Å². The van der Waals surface area contributed by atoms with Crippen molar-refractivity contribution in [3.63, 3.8) is 0 Å². The Balaban J connectivity index is 2.40. The van der Waals surface area contributed by atoms with Crippen LogP contribution in [0.4, 0.5) is 24.7 Å². The molecular weight excluding hydrogens is 315 g/mol. The van der Waals surface area contributed by atoms with E-state index in [1.807, 2.05) is 0 Å². The van der Waals surface area contributed by atoms with Gasteiger partial charge in [-0.1, -0.05) is 0 Å². The van der Waals surface area contributed by atoms with Crippen LogP contribution in [0.1, 0.15) is 0 Å². The molecule has 1 aromatic heterocycles. The fourth-order valence-electron chi connectivity index (χ4n) is 1.23. The summed E-state index contributed by atoms with van der Waals surface area (Å²) >= 11 is 2.96. The minimum Gasteiger partial charge on any atom is -0.339 e. The largest absolute Gasteiger partial charge is 0.339 e. The Bertz CT molecular complexity index is 636. The molecule has 0 atom stereocenters. The zero-order chi connectivity index (χ0) is 13.3. The van der Waals surface area contributed by atoms with Gasteiger partial charge < -0.3 is 10.3 Å². The van der Waals surface area contributed by atoms with Gasteiger partial charge >= 0.3 is 0 Å². The normalized spacial score (nSPS) is 10.4. The summed E-state index contributed by atoms with van der Waals surface area (Å²) in [6, 6.07) is 1.52. The van der Waals surface area contributed by atoms with E-state index in [0.717, 1.165) is 18.5 Å². The van der Waals surface area contributed by atoms with E-state index in [1.165, 1.54) is 0 Å². The number of hydrogen-bond acceptors (Lipinski definition) is 3. The lowest BCUT2D eigenvalue weighted by Crippen LogP contribution is -2.10. The third-order valence-electron chi connectivity index (χ3n) is 2.04. The summed E-state index contributed by atoms with van der Waals surface area (Å²) in [5.41, 5.74) is -0.527. The monoisotopic (exact) mass is 319 g/mol. The molecule has 0 unspecified atom stereocenters. The van der Waals surface area contributed by atoms with Crippen molar-refractivity contribution in [2.75, 3.05) is 5.32 Å². The highest BCUT2D eigenvalue weighted by Crippen LogP contribution is 2.22. The van der Waals surface area contributed by atoms with E-state index in [9.17, 15) is 18.0 Å². The van der Waals surface area contributed by atoms with Crippen molar-refractivity contribution in [2.24, 2.45) is 0 Å². The smallest absolute Gasteiger partial charge is 0.267 e. The topological polar surface area (TPSA) is 57.8 Å². The molecule has 18 heavy (non-hydrogen) atoms. The maximum Gasteiger partial charge on any atom is 0.267 e. The molecule has 0 bridgehead atoms. The van der Waals surface area contributed by atoms with E-state index >= 15 is 0 Å². The summed E-state index contributed by atoms with van der Waals surface area (Å²) in [5.74, 6) is -4.17. The molecule has 1 aromatic carbocycles. The molecule has 0 amide bonds. The molecule has 0 radical (unpaired) electrons. The van der Waals surface area contributed by atoms with Crippen LogP contribution < -0.4 is 10.9 Å². The van der Waals surface area contributed by atoms with Crippen molar-refractivity contribution in [3.05, 3.63) is 50.7 Å². The van der Waals surface area contributed by atoms with Crippen LogP contribution in [0.2, 0.25) is 0 Å². The van der Waals surface area contributed by atoms with Crippen LogP contribution in [0.3, 0.4) is 0 Å². The van der Waals surface area contributed by atoms with E-state index in [-0.39, 0.29) is 16.0 Å². The molecule has 2 rings (SSSR count). The van der Waals surface area contributed by atoms with Crippen molar-refractivity contribution < 1.29 is 13.2 Å². The number of anilines is 2. The highest BCUT2D eigenvalue weighted by molar-refractivity contribution is 9.10. The molecule has 8 heteroatoms. The molecule has 0 fully saturated rings. The Hall–Kier alpha value is -1.83. The molecule has 0 aliphatic carbocycles. The molecule has 0 saturated carbocycles. The van der Waals surface area contributed by atoms with Crippen LogP contribution in [0.15, 0.2) is 27.7 Å². The fraction of sp³-hybridized carbons (Fsp3) is 0. The number of aromatic amines is 1. The van der Waals surface area contributed by atoms with Gasteiger partial charge in [-0.3, -0.25) is 4.79 Å². The number of benzene rings is 1. The van der Waals surface area contributed by atoms with Crippen LogP contribution in [0.25, 0.3) is 0 Å². The van der Waals surface area contributed by atoms with Crippen molar-refractivity contribution >= 4 is 27.4 Å². The van der Waals surface area contributed by atoms with Gasteiger partial charge in [-0.2, -0.15) is 0 Å². The standard InChI is InChI=1S/C10H5BrF3N3O/c11-7-9(15-3-16-10(7)18)17-4-1-5(12)8(14)6(13)2-4/h1-3H,(H2,15,16,17,18). The quantitative estimate of drug-likeness (QED) is 0.837. The van der Waals surface area contributed by atoms with Gasteiger partial charge in [0, 0.05) is 17.8 Å². The van der Waals surface area contributed by atoms with Gasteiger partial charge in [0.05, 0.1) is 6.33 Å². The molecule has 0 aliphatic heterocycles. The first kappa shape index (κ1) is 12.6. The molecule has 0 aliphatic rings. The van der Waals surface area contributed by atoms with Gasteiger partial charge in [-0.05, 0) is 15.9 Å². The fourth-order valence-corrected chi connectivity index (χ4v) is 1.55. The number of H-pyrrole nitrogens is 1. The van der Waals surface area contributed by atoms with Crippen LogP contribution in [0, 0.1) is 17.5 Å². The molecule has 0 spiro atoms. The van der Waals surface area contributed by atoms with Gasteiger partial charge in [0.2, 0.25) is 0 Å². The van der Waals surface area contributed by atoms with Gasteiger partial charge in [0.15, 0.2) is 23.3 Å². The van der Waals surface area contributed by atoms with Gasteiger partial charge in [-0.15, -0.1) is 0 Å². The van der Waals surface area contributed by atoms with Crippen LogP contribution in [-0.2, 0) is 0 Å². The minimum absolute atomic E-state index is 0.0594. The molecule has 4 nitrogen and oxygen atoms in total. The van der Waals surface area contributed by atoms with Crippen LogP contribution >= 0.6 is 15.9 Å². The van der Waals surface area contributed by atoms with E-state index in [2.05, 4.69) is 31.2 Å². The van der Waals surface area contributed by atoms with Crippen molar-refractivity contribution in [3.8, 4) is 0 Å². The van der Waals surface area contributed by atoms with Crippen LogP contribution in [0.5, 0.6) is 0 Å². The molecular formula is C10H5BrF3N3O. The molecule has 2 aromatic rings. The average molecular weight is 320 g/mol.